The number of rotatable bonds is 8. The van der Waals surface area contributed by atoms with Gasteiger partial charge in [-0.3, -0.25) is 4.79 Å². The van der Waals surface area contributed by atoms with E-state index in [1.165, 1.54) is 9.87 Å². The molecule has 3 rings (SSSR count). The number of halogens is 2. The van der Waals surface area contributed by atoms with E-state index in [0.29, 0.717) is 48.1 Å². The van der Waals surface area contributed by atoms with Crippen molar-refractivity contribution in [3.8, 4) is 5.75 Å². The molecule has 0 unspecified atom stereocenters. The first-order chi connectivity index (χ1) is 16.0. The zero-order valence-corrected chi connectivity index (χ0v) is 22.1. The number of hydrogen-bond acceptors (Lipinski definition) is 4. The molecule has 0 saturated carbocycles. The molecule has 1 heterocycles. The van der Waals surface area contributed by atoms with Crippen molar-refractivity contribution in [1.29, 1.82) is 0 Å². The lowest BCUT2D eigenvalue weighted by Gasteiger charge is -2.31. The Morgan fingerprint density at radius 1 is 1.12 bits per heavy atom. The van der Waals surface area contributed by atoms with Crippen molar-refractivity contribution >= 4 is 39.1 Å². The molecule has 0 bridgehead atoms. The lowest BCUT2D eigenvalue weighted by molar-refractivity contribution is -0.126. The summed E-state index contributed by atoms with van der Waals surface area (Å²) in [5.74, 6) is -0.115. The van der Waals surface area contributed by atoms with Crippen molar-refractivity contribution in [2.75, 3.05) is 26.2 Å². The molecule has 9 heteroatoms. The smallest absolute Gasteiger partial charge is 0.224 e. The number of hydrogen-bond donors (Lipinski definition) is 1. The molecule has 1 amide bonds. The number of ether oxygens (including phenoxy) is 1. The molecule has 34 heavy (non-hydrogen) atoms. The van der Waals surface area contributed by atoms with E-state index in [9.17, 15) is 13.2 Å². The van der Waals surface area contributed by atoms with Crippen LogP contribution in [0.4, 0.5) is 0 Å². The van der Waals surface area contributed by atoms with Crippen LogP contribution in [0.3, 0.4) is 0 Å². The summed E-state index contributed by atoms with van der Waals surface area (Å²) in [5, 5.41) is 3.50. The Bertz CT molecular complexity index is 1080. The second-order valence-corrected chi connectivity index (χ2v) is 12.4. The lowest BCUT2D eigenvalue weighted by atomic mass is 9.87. The van der Waals surface area contributed by atoms with E-state index in [1.54, 1.807) is 18.2 Å². The minimum atomic E-state index is -3.66. The topological polar surface area (TPSA) is 75.7 Å². The SMILES string of the molecule is CC(C)(C)c1ccc(OCCNC(=O)[C@H]2CCCN(S(=O)(=O)Cc3c(Cl)cccc3Cl)C2)cc1. The van der Waals surface area contributed by atoms with Crippen LogP contribution in [0.5, 0.6) is 5.75 Å². The summed E-state index contributed by atoms with van der Waals surface area (Å²) >= 11 is 12.3. The van der Waals surface area contributed by atoms with Crippen LogP contribution in [0.15, 0.2) is 42.5 Å². The summed E-state index contributed by atoms with van der Waals surface area (Å²) in [5.41, 5.74) is 1.68. The quantitative estimate of drug-likeness (QED) is 0.489. The maximum atomic E-state index is 13.0. The number of amides is 1. The average Bonchev–Trinajstić information content (AvgIpc) is 2.79. The fourth-order valence-corrected chi connectivity index (χ4v) is 6.25. The predicted molar refractivity (Wildman–Crippen MR) is 137 cm³/mol. The molecule has 1 atom stereocenters. The molecule has 0 spiro atoms. The van der Waals surface area contributed by atoms with E-state index in [4.69, 9.17) is 27.9 Å². The first-order valence-corrected chi connectivity index (χ1v) is 13.8. The van der Waals surface area contributed by atoms with Gasteiger partial charge in [-0.15, -0.1) is 0 Å². The van der Waals surface area contributed by atoms with Gasteiger partial charge < -0.3 is 10.1 Å². The van der Waals surface area contributed by atoms with Crippen molar-refractivity contribution in [2.45, 2.75) is 44.8 Å². The van der Waals surface area contributed by atoms with Crippen LogP contribution < -0.4 is 10.1 Å². The molecule has 1 aliphatic rings. The average molecular weight is 528 g/mol. The van der Waals surface area contributed by atoms with Gasteiger partial charge in [0.15, 0.2) is 0 Å². The number of nitrogens with one attached hydrogen (secondary N) is 1. The molecule has 6 nitrogen and oxygen atoms in total. The lowest BCUT2D eigenvalue weighted by Crippen LogP contribution is -2.46. The molecule has 186 valence electrons. The second kappa shape index (κ2) is 11.3. The van der Waals surface area contributed by atoms with Crippen molar-refractivity contribution in [3.05, 3.63) is 63.6 Å². The van der Waals surface area contributed by atoms with Gasteiger partial charge in [0, 0.05) is 28.7 Å². The monoisotopic (exact) mass is 526 g/mol. The fraction of sp³-hybridized carbons (Fsp3) is 0.480. The normalized spacial score (nSPS) is 17.4. The number of benzene rings is 2. The highest BCUT2D eigenvalue weighted by Gasteiger charge is 2.33. The number of piperidine rings is 1. The van der Waals surface area contributed by atoms with Crippen molar-refractivity contribution in [3.63, 3.8) is 0 Å². The van der Waals surface area contributed by atoms with Gasteiger partial charge in [0.05, 0.1) is 18.2 Å². The van der Waals surface area contributed by atoms with Crippen LogP contribution in [-0.2, 0) is 26.0 Å². The highest BCUT2D eigenvalue weighted by Crippen LogP contribution is 2.29. The summed E-state index contributed by atoms with van der Waals surface area (Å²) in [6.07, 6.45) is 1.25. The van der Waals surface area contributed by atoms with Crippen LogP contribution in [0.1, 0.15) is 44.7 Å². The van der Waals surface area contributed by atoms with Crippen molar-refractivity contribution < 1.29 is 17.9 Å². The Kier molecular flexibility index (Phi) is 8.90. The van der Waals surface area contributed by atoms with Crippen LogP contribution in [0, 0.1) is 5.92 Å². The molecule has 0 aromatic heterocycles. The third-order valence-corrected chi connectivity index (χ3v) is 8.41. The van der Waals surface area contributed by atoms with Gasteiger partial charge in [-0.1, -0.05) is 62.2 Å². The highest BCUT2D eigenvalue weighted by molar-refractivity contribution is 7.88. The minimum Gasteiger partial charge on any atom is -0.492 e. The number of nitrogens with zero attached hydrogens (tertiary/aromatic N) is 1. The number of carbonyl (C=O) groups excluding carboxylic acids is 1. The van der Waals surface area contributed by atoms with Gasteiger partial charge in [-0.25, -0.2) is 12.7 Å². The number of carbonyl (C=O) groups is 1. The summed E-state index contributed by atoms with van der Waals surface area (Å²) in [4.78, 5) is 12.7. The minimum absolute atomic E-state index is 0.0769. The summed E-state index contributed by atoms with van der Waals surface area (Å²) in [6.45, 7) is 7.66. The summed E-state index contributed by atoms with van der Waals surface area (Å²) in [7, 11) is -3.66. The molecule has 0 radical (unpaired) electrons. The third kappa shape index (κ3) is 7.11. The molecular formula is C25H32Cl2N2O4S. The Morgan fingerprint density at radius 2 is 1.76 bits per heavy atom. The Hall–Kier alpha value is -1.80. The molecule has 1 N–H and O–H groups in total. The molecule has 1 aliphatic heterocycles. The van der Waals surface area contributed by atoms with Gasteiger partial charge in [-0.2, -0.15) is 0 Å². The molecule has 1 fully saturated rings. The fourth-order valence-electron chi connectivity index (χ4n) is 3.89. The van der Waals surface area contributed by atoms with Crippen LogP contribution >= 0.6 is 23.2 Å². The first kappa shape index (κ1) is 26.8. The van der Waals surface area contributed by atoms with Crippen molar-refractivity contribution in [2.24, 2.45) is 5.92 Å². The second-order valence-electron chi connectivity index (χ2n) is 9.57. The van der Waals surface area contributed by atoms with Gasteiger partial charge >= 0.3 is 0 Å². The molecule has 2 aromatic carbocycles. The van der Waals surface area contributed by atoms with E-state index in [-0.39, 0.29) is 23.6 Å². The van der Waals surface area contributed by atoms with Gasteiger partial charge in [0.1, 0.15) is 12.4 Å². The highest BCUT2D eigenvalue weighted by atomic mass is 35.5. The first-order valence-electron chi connectivity index (χ1n) is 11.4. The Morgan fingerprint density at radius 3 is 2.38 bits per heavy atom. The molecule has 2 aromatic rings. The zero-order valence-electron chi connectivity index (χ0n) is 19.8. The van der Waals surface area contributed by atoms with Crippen LogP contribution in [0.25, 0.3) is 0 Å². The molecule has 0 aliphatic carbocycles. The summed E-state index contributed by atoms with van der Waals surface area (Å²) < 4.78 is 33.1. The van der Waals surface area contributed by atoms with Crippen molar-refractivity contribution in [1.82, 2.24) is 9.62 Å². The van der Waals surface area contributed by atoms with Crippen LogP contribution in [0.2, 0.25) is 10.0 Å². The standard InChI is InChI=1S/C25H32Cl2N2O4S/c1-25(2,3)19-9-11-20(12-10-19)33-15-13-28-24(30)18-6-5-14-29(16-18)34(31,32)17-21-22(26)7-4-8-23(21)27/h4,7-12,18H,5-6,13-17H2,1-3H3,(H,28,30)/t18-/m0/s1. The van der Waals surface area contributed by atoms with E-state index < -0.39 is 15.9 Å². The van der Waals surface area contributed by atoms with Gasteiger partial charge in [-0.05, 0) is 48.1 Å². The maximum Gasteiger partial charge on any atom is 0.224 e. The van der Waals surface area contributed by atoms with Crippen LogP contribution in [-0.4, -0.2) is 44.9 Å². The van der Waals surface area contributed by atoms with E-state index >= 15 is 0 Å². The largest absolute Gasteiger partial charge is 0.492 e. The predicted octanol–water partition coefficient (Wildman–Crippen LogP) is 5.03. The van der Waals surface area contributed by atoms with Gasteiger partial charge in [0.25, 0.3) is 0 Å². The zero-order chi connectivity index (χ0) is 24.9. The van der Waals surface area contributed by atoms with E-state index in [2.05, 4.69) is 26.1 Å². The van der Waals surface area contributed by atoms with Gasteiger partial charge in [0.2, 0.25) is 15.9 Å². The number of sulfonamides is 1. The Labute approximate surface area is 212 Å². The third-order valence-electron chi connectivity index (χ3n) is 5.93. The summed E-state index contributed by atoms with van der Waals surface area (Å²) in [6, 6.07) is 12.8. The molecular weight excluding hydrogens is 495 g/mol. The Balaban J connectivity index is 1.49. The van der Waals surface area contributed by atoms with E-state index in [1.807, 2.05) is 24.3 Å². The van der Waals surface area contributed by atoms with E-state index in [0.717, 1.165) is 5.75 Å². The maximum absolute atomic E-state index is 13.0. The molecule has 1 saturated heterocycles.